The molecular weight excluding hydrogens is 291 g/mol. The van der Waals surface area contributed by atoms with E-state index in [4.69, 9.17) is 10.3 Å². The van der Waals surface area contributed by atoms with E-state index in [1.54, 1.807) is 24.3 Å². The second-order valence-corrected chi connectivity index (χ2v) is 5.28. The van der Waals surface area contributed by atoms with E-state index in [2.05, 4.69) is 15.1 Å². The number of hydrogen-bond donors (Lipinski definition) is 1. The number of aromatic nitrogens is 3. The molecule has 2 aromatic heterocycles. The molecule has 0 radical (unpaired) electrons. The van der Waals surface area contributed by atoms with Gasteiger partial charge in [-0.3, -0.25) is 0 Å². The molecule has 2 N–H and O–H groups in total. The number of nitrogens with zero attached hydrogens (tertiary/aromatic N) is 3. The highest BCUT2D eigenvalue weighted by Crippen LogP contribution is 2.23. The van der Waals surface area contributed by atoms with Crippen LogP contribution in [0, 0.1) is 5.82 Å². The molecule has 0 aliphatic carbocycles. The maximum Gasteiger partial charge on any atom is 0.276 e. The lowest BCUT2D eigenvalue weighted by Crippen LogP contribution is -1.89. The molecule has 106 valence electrons. The molecule has 0 amide bonds. The van der Waals surface area contributed by atoms with Gasteiger partial charge in [0.2, 0.25) is 0 Å². The fourth-order valence-corrected chi connectivity index (χ4v) is 2.37. The third-order valence-corrected chi connectivity index (χ3v) is 3.66. The first-order chi connectivity index (χ1) is 10.2. The van der Waals surface area contributed by atoms with E-state index in [1.165, 1.54) is 30.1 Å². The zero-order valence-corrected chi connectivity index (χ0v) is 11.7. The summed E-state index contributed by atoms with van der Waals surface area (Å²) < 4.78 is 18.0. The van der Waals surface area contributed by atoms with Crippen molar-refractivity contribution in [3.8, 4) is 11.6 Å². The smallest absolute Gasteiger partial charge is 0.276 e. The molecule has 0 spiro atoms. The number of halogens is 1. The lowest BCUT2D eigenvalue weighted by Gasteiger charge is -1.97. The van der Waals surface area contributed by atoms with E-state index in [-0.39, 0.29) is 5.82 Å². The van der Waals surface area contributed by atoms with Crippen LogP contribution in [0.4, 0.5) is 10.1 Å². The molecular formula is C14H11FN4OS. The molecule has 21 heavy (non-hydrogen) atoms. The summed E-state index contributed by atoms with van der Waals surface area (Å²) >= 11 is 1.50. The molecule has 0 unspecified atom stereocenters. The lowest BCUT2D eigenvalue weighted by molar-refractivity contribution is 0.424. The minimum atomic E-state index is -0.254. The van der Waals surface area contributed by atoms with Gasteiger partial charge in [-0.25, -0.2) is 9.37 Å². The van der Waals surface area contributed by atoms with Gasteiger partial charge in [-0.05, 0) is 36.4 Å². The molecule has 0 fully saturated rings. The first kappa shape index (κ1) is 13.6. The number of nitrogen functional groups attached to an aromatic ring is 1. The molecule has 3 rings (SSSR count). The molecule has 0 atom stereocenters. The summed E-state index contributed by atoms with van der Waals surface area (Å²) in [6.07, 6.45) is 1.53. The number of benzene rings is 1. The lowest BCUT2D eigenvalue weighted by atomic mass is 10.3. The molecule has 2 heterocycles. The van der Waals surface area contributed by atoms with Crippen molar-refractivity contribution in [2.45, 2.75) is 10.6 Å². The van der Waals surface area contributed by atoms with Crippen molar-refractivity contribution in [2.75, 3.05) is 5.73 Å². The van der Waals surface area contributed by atoms with Crippen molar-refractivity contribution >= 4 is 17.4 Å². The van der Waals surface area contributed by atoms with Gasteiger partial charge < -0.3 is 10.3 Å². The second-order valence-electron chi connectivity index (χ2n) is 4.24. The summed E-state index contributed by atoms with van der Waals surface area (Å²) in [4.78, 5) is 9.33. The van der Waals surface area contributed by atoms with Crippen LogP contribution in [-0.2, 0) is 5.75 Å². The molecule has 5 nitrogen and oxygen atoms in total. The quantitative estimate of drug-likeness (QED) is 0.746. The van der Waals surface area contributed by atoms with Crippen LogP contribution in [0.25, 0.3) is 11.6 Å². The van der Waals surface area contributed by atoms with E-state index in [0.717, 1.165) is 4.90 Å². The summed E-state index contributed by atoms with van der Waals surface area (Å²) in [7, 11) is 0. The summed E-state index contributed by atoms with van der Waals surface area (Å²) in [5, 5.41) is 3.90. The Bertz CT molecular complexity index is 727. The van der Waals surface area contributed by atoms with E-state index in [0.29, 0.717) is 28.8 Å². The Morgan fingerprint density at radius 2 is 1.95 bits per heavy atom. The van der Waals surface area contributed by atoms with Gasteiger partial charge in [-0.15, -0.1) is 11.8 Å². The first-order valence-electron chi connectivity index (χ1n) is 6.13. The van der Waals surface area contributed by atoms with Crippen LogP contribution < -0.4 is 5.73 Å². The fourth-order valence-electron chi connectivity index (χ4n) is 1.63. The molecule has 7 heteroatoms. The van der Waals surface area contributed by atoms with Crippen LogP contribution in [0.15, 0.2) is 52.0 Å². The van der Waals surface area contributed by atoms with Crippen molar-refractivity contribution in [2.24, 2.45) is 0 Å². The molecule has 0 saturated carbocycles. The van der Waals surface area contributed by atoms with Crippen LogP contribution in [0.5, 0.6) is 0 Å². The van der Waals surface area contributed by atoms with Gasteiger partial charge >= 0.3 is 0 Å². The summed E-state index contributed by atoms with van der Waals surface area (Å²) in [6.45, 7) is 0. The van der Waals surface area contributed by atoms with Crippen molar-refractivity contribution in [1.82, 2.24) is 15.1 Å². The van der Waals surface area contributed by atoms with E-state index >= 15 is 0 Å². The third-order valence-electron chi connectivity index (χ3n) is 2.66. The number of nitrogens with two attached hydrogens (primary N) is 1. The number of thioether (sulfide) groups is 1. The van der Waals surface area contributed by atoms with E-state index in [9.17, 15) is 4.39 Å². The largest absolute Gasteiger partial charge is 0.397 e. The van der Waals surface area contributed by atoms with Crippen molar-refractivity contribution in [3.63, 3.8) is 0 Å². The van der Waals surface area contributed by atoms with Gasteiger partial charge in [0.05, 0.1) is 17.6 Å². The Kier molecular flexibility index (Phi) is 3.83. The van der Waals surface area contributed by atoms with Gasteiger partial charge in [0.25, 0.3) is 5.89 Å². The average molecular weight is 302 g/mol. The van der Waals surface area contributed by atoms with Crippen LogP contribution in [0.1, 0.15) is 5.82 Å². The fraction of sp³-hybridized carbons (Fsp3) is 0.0714. The van der Waals surface area contributed by atoms with Crippen molar-refractivity contribution in [1.29, 1.82) is 0 Å². The van der Waals surface area contributed by atoms with Crippen LogP contribution in [-0.4, -0.2) is 15.1 Å². The second kappa shape index (κ2) is 5.92. The summed E-state index contributed by atoms with van der Waals surface area (Å²) in [6, 6.07) is 9.70. The van der Waals surface area contributed by atoms with Gasteiger partial charge in [0, 0.05) is 4.90 Å². The van der Waals surface area contributed by atoms with Crippen molar-refractivity contribution in [3.05, 3.63) is 54.2 Å². The number of hydrogen-bond acceptors (Lipinski definition) is 6. The Hall–Kier alpha value is -2.41. The highest BCUT2D eigenvalue weighted by molar-refractivity contribution is 7.98. The Morgan fingerprint density at radius 3 is 2.67 bits per heavy atom. The van der Waals surface area contributed by atoms with Crippen LogP contribution >= 0.6 is 11.8 Å². The molecule has 0 aliphatic rings. The molecule has 0 saturated heterocycles. The number of rotatable bonds is 4. The monoisotopic (exact) mass is 302 g/mol. The van der Waals surface area contributed by atoms with Gasteiger partial charge in [0.15, 0.2) is 5.82 Å². The standard InChI is InChI=1S/C14H11FN4OS/c15-9-1-4-11(5-2-9)21-8-13-18-14(20-19-13)12-6-3-10(16)7-17-12/h1-7H,8,16H2. The Morgan fingerprint density at radius 1 is 1.14 bits per heavy atom. The topological polar surface area (TPSA) is 77.8 Å². The zero-order chi connectivity index (χ0) is 14.7. The Balaban J connectivity index is 1.67. The van der Waals surface area contributed by atoms with E-state index < -0.39 is 0 Å². The molecule has 0 bridgehead atoms. The minimum absolute atomic E-state index is 0.254. The average Bonchev–Trinajstić information content (AvgIpc) is 2.96. The van der Waals surface area contributed by atoms with Gasteiger partial charge in [-0.1, -0.05) is 5.16 Å². The van der Waals surface area contributed by atoms with Crippen molar-refractivity contribution < 1.29 is 8.91 Å². The Labute approximate surface area is 124 Å². The maximum atomic E-state index is 12.8. The predicted molar refractivity (Wildman–Crippen MR) is 77.9 cm³/mol. The molecule has 1 aromatic carbocycles. The SMILES string of the molecule is Nc1ccc(-c2nc(CSc3ccc(F)cc3)no2)nc1. The van der Waals surface area contributed by atoms with Crippen LogP contribution in [0.2, 0.25) is 0 Å². The maximum absolute atomic E-state index is 12.8. The first-order valence-corrected chi connectivity index (χ1v) is 7.12. The summed E-state index contributed by atoms with van der Waals surface area (Å²) in [5.41, 5.74) is 6.73. The highest BCUT2D eigenvalue weighted by Gasteiger charge is 2.10. The minimum Gasteiger partial charge on any atom is -0.397 e. The predicted octanol–water partition coefficient (Wildman–Crippen LogP) is 3.15. The third kappa shape index (κ3) is 3.38. The van der Waals surface area contributed by atoms with Gasteiger partial charge in [-0.2, -0.15) is 4.98 Å². The normalized spacial score (nSPS) is 10.7. The van der Waals surface area contributed by atoms with Gasteiger partial charge in [0.1, 0.15) is 11.5 Å². The number of pyridine rings is 1. The molecule has 0 aliphatic heterocycles. The van der Waals surface area contributed by atoms with Crippen LogP contribution in [0.3, 0.4) is 0 Å². The van der Waals surface area contributed by atoms with E-state index in [1.807, 2.05) is 0 Å². The highest BCUT2D eigenvalue weighted by atomic mass is 32.2. The number of anilines is 1. The summed E-state index contributed by atoms with van der Waals surface area (Å²) in [5.74, 6) is 1.18. The molecule has 3 aromatic rings. The zero-order valence-electron chi connectivity index (χ0n) is 10.9.